The van der Waals surface area contributed by atoms with E-state index in [1.807, 2.05) is 6.07 Å². The molecule has 0 atom stereocenters. The van der Waals surface area contributed by atoms with Crippen molar-refractivity contribution in [2.75, 3.05) is 19.7 Å². The van der Waals surface area contributed by atoms with Crippen LogP contribution in [-0.4, -0.2) is 36.7 Å². The van der Waals surface area contributed by atoms with Crippen molar-refractivity contribution >= 4 is 17.7 Å². The Morgan fingerprint density at radius 2 is 2.19 bits per heavy atom. The van der Waals surface area contributed by atoms with E-state index >= 15 is 0 Å². The van der Waals surface area contributed by atoms with E-state index in [1.165, 1.54) is 6.07 Å². The minimum Gasteiger partial charge on any atom is -0.450 e. The van der Waals surface area contributed by atoms with Crippen LogP contribution in [0, 0.1) is 5.82 Å². The predicted molar refractivity (Wildman–Crippen MR) is 79.9 cm³/mol. The van der Waals surface area contributed by atoms with Gasteiger partial charge in [0.1, 0.15) is 5.82 Å². The summed E-state index contributed by atoms with van der Waals surface area (Å²) in [4.78, 5) is 13.3. The Morgan fingerprint density at radius 3 is 2.86 bits per heavy atom. The third-order valence-corrected chi connectivity index (χ3v) is 4.06. The molecule has 1 heterocycles. The number of rotatable bonds is 4. The van der Waals surface area contributed by atoms with Gasteiger partial charge in [-0.2, -0.15) is 0 Å². The standard InChI is InChI=1S/C15H20ClFN2O2/c1-2-21-15(20)19-8-6-12(7-9-19)18-10-11-4-3-5-13(17)14(11)16/h3-5,12,18H,2,6-10H2,1H3. The van der Waals surface area contributed by atoms with Crippen LogP contribution in [0.3, 0.4) is 0 Å². The van der Waals surface area contributed by atoms with Crippen molar-refractivity contribution in [1.29, 1.82) is 0 Å². The molecular weight excluding hydrogens is 295 g/mol. The number of hydrogen-bond acceptors (Lipinski definition) is 3. The highest BCUT2D eigenvalue weighted by Crippen LogP contribution is 2.20. The van der Waals surface area contributed by atoms with E-state index in [1.54, 1.807) is 17.9 Å². The molecule has 1 aromatic rings. The number of amides is 1. The third kappa shape index (κ3) is 4.32. The first kappa shape index (κ1) is 16.0. The largest absolute Gasteiger partial charge is 0.450 e. The first-order chi connectivity index (χ1) is 10.1. The lowest BCUT2D eigenvalue weighted by molar-refractivity contribution is 0.0950. The number of benzene rings is 1. The first-order valence-electron chi connectivity index (χ1n) is 7.19. The fourth-order valence-electron chi connectivity index (χ4n) is 2.42. The maximum absolute atomic E-state index is 13.3. The molecule has 21 heavy (non-hydrogen) atoms. The molecule has 1 aromatic carbocycles. The van der Waals surface area contributed by atoms with Crippen LogP contribution in [0.2, 0.25) is 5.02 Å². The Morgan fingerprint density at radius 1 is 1.48 bits per heavy atom. The van der Waals surface area contributed by atoms with Crippen LogP contribution >= 0.6 is 11.6 Å². The van der Waals surface area contributed by atoms with Crippen molar-refractivity contribution in [2.24, 2.45) is 0 Å². The topological polar surface area (TPSA) is 41.6 Å². The molecular formula is C15H20ClFN2O2. The van der Waals surface area contributed by atoms with Crippen LogP contribution in [0.1, 0.15) is 25.3 Å². The second-order valence-corrected chi connectivity index (χ2v) is 5.43. The third-order valence-electron chi connectivity index (χ3n) is 3.63. The Balaban J connectivity index is 1.79. The molecule has 0 aliphatic carbocycles. The molecule has 1 amide bonds. The van der Waals surface area contributed by atoms with Gasteiger partial charge in [0.05, 0.1) is 11.6 Å². The normalized spacial score (nSPS) is 16.0. The zero-order valence-electron chi connectivity index (χ0n) is 12.1. The van der Waals surface area contributed by atoms with Gasteiger partial charge in [0.25, 0.3) is 0 Å². The van der Waals surface area contributed by atoms with Gasteiger partial charge in [0.15, 0.2) is 0 Å². The molecule has 0 saturated carbocycles. The number of nitrogens with one attached hydrogen (secondary N) is 1. The van der Waals surface area contributed by atoms with E-state index < -0.39 is 5.82 Å². The zero-order valence-corrected chi connectivity index (χ0v) is 12.8. The van der Waals surface area contributed by atoms with E-state index in [0.29, 0.717) is 32.3 Å². The summed E-state index contributed by atoms with van der Waals surface area (Å²) in [7, 11) is 0. The summed E-state index contributed by atoms with van der Waals surface area (Å²) in [6.45, 7) is 4.07. The minimum atomic E-state index is -0.395. The summed E-state index contributed by atoms with van der Waals surface area (Å²) < 4.78 is 18.3. The summed E-state index contributed by atoms with van der Waals surface area (Å²) in [5.74, 6) is -0.395. The predicted octanol–water partition coefficient (Wildman–Crippen LogP) is 3.19. The average molecular weight is 315 g/mol. The monoisotopic (exact) mass is 314 g/mol. The lowest BCUT2D eigenvalue weighted by Gasteiger charge is -2.31. The van der Waals surface area contributed by atoms with Gasteiger partial charge in [-0.25, -0.2) is 9.18 Å². The van der Waals surface area contributed by atoms with E-state index in [-0.39, 0.29) is 11.1 Å². The highest BCUT2D eigenvalue weighted by molar-refractivity contribution is 6.31. The van der Waals surface area contributed by atoms with Crippen molar-refractivity contribution in [3.05, 3.63) is 34.6 Å². The number of carbonyl (C=O) groups is 1. The van der Waals surface area contributed by atoms with Gasteiger partial charge in [0, 0.05) is 25.7 Å². The summed E-state index contributed by atoms with van der Waals surface area (Å²) in [6, 6.07) is 5.12. The first-order valence-corrected chi connectivity index (χ1v) is 7.57. The fraction of sp³-hybridized carbons (Fsp3) is 0.533. The molecule has 1 aliphatic heterocycles. The molecule has 1 aliphatic rings. The van der Waals surface area contributed by atoms with Crippen LogP contribution in [0.25, 0.3) is 0 Å². The van der Waals surface area contributed by atoms with Crippen molar-refractivity contribution in [3.8, 4) is 0 Å². The molecule has 6 heteroatoms. The van der Waals surface area contributed by atoms with Crippen molar-refractivity contribution in [3.63, 3.8) is 0 Å². The van der Waals surface area contributed by atoms with E-state index in [0.717, 1.165) is 18.4 Å². The van der Waals surface area contributed by atoms with Gasteiger partial charge in [-0.15, -0.1) is 0 Å². The van der Waals surface area contributed by atoms with Gasteiger partial charge in [-0.3, -0.25) is 0 Å². The van der Waals surface area contributed by atoms with E-state index in [9.17, 15) is 9.18 Å². The van der Waals surface area contributed by atoms with Crippen LogP contribution in [0.15, 0.2) is 18.2 Å². The van der Waals surface area contributed by atoms with Crippen LogP contribution in [-0.2, 0) is 11.3 Å². The number of nitrogens with zero attached hydrogens (tertiary/aromatic N) is 1. The number of ether oxygens (including phenoxy) is 1. The molecule has 1 N–H and O–H groups in total. The maximum atomic E-state index is 13.3. The highest BCUT2D eigenvalue weighted by atomic mass is 35.5. The summed E-state index contributed by atoms with van der Waals surface area (Å²) >= 11 is 5.93. The summed E-state index contributed by atoms with van der Waals surface area (Å²) in [5.41, 5.74) is 0.754. The molecule has 1 saturated heterocycles. The van der Waals surface area contributed by atoms with Crippen LogP contribution < -0.4 is 5.32 Å². The molecule has 116 valence electrons. The Kier molecular flexibility index (Phi) is 5.82. The Hall–Kier alpha value is -1.33. The SMILES string of the molecule is CCOC(=O)N1CCC(NCc2cccc(F)c2Cl)CC1. The van der Waals surface area contributed by atoms with E-state index in [2.05, 4.69) is 5.32 Å². The van der Waals surface area contributed by atoms with Gasteiger partial charge >= 0.3 is 6.09 Å². The molecule has 1 fully saturated rings. The molecule has 0 bridgehead atoms. The molecule has 0 radical (unpaired) electrons. The number of halogens is 2. The molecule has 0 spiro atoms. The molecule has 0 unspecified atom stereocenters. The highest BCUT2D eigenvalue weighted by Gasteiger charge is 2.23. The number of carbonyl (C=O) groups excluding carboxylic acids is 1. The lowest BCUT2D eigenvalue weighted by Crippen LogP contribution is -2.44. The van der Waals surface area contributed by atoms with Gasteiger partial charge in [0.2, 0.25) is 0 Å². The number of likely N-dealkylation sites (tertiary alicyclic amines) is 1. The smallest absolute Gasteiger partial charge is 0.409 e. The maximum Gasteiger partial charge on any atom is 0.409 e. The number of piperidine rings is 1. The summed E-state index contributed by atoms with van der Waals surface area (Å²) in [6.07, 6.45) is 1.46. The van der Waals surface area contributed by atoms with Crippen molar-refractivity contribution in [1.82, 2.24) is 10.2 Å². The van der Waals surface area contributed by atoms with Crippen LogP contribution in [0.5, 0.6) is 0 Å². The van der Waals surface area contributed by atoms with E-state index in [4.69, 9.17) is 16.3 Å². The number of hydrogen-bond donors (Lipinski definition) is 1. The van der Waals surface area contributed by atoms with Gasteiger partial charge in [-0.1, -0.05) is 23.7 Å². The van der Waals surface area contributed by atoms with Crippen molar-refractivity contribution in [2.45, 2.75) is 32.4 Å². The molecule has 0 aromatic heterocycles. The van der Waals surface area contributed by atoms with Gasteiger partial charge in [-0.05, 0) is 31.4 Å². The second kappa shape index (κ2) is 7.61. The quantitative estimate of drug-likeness (QED) is 0.928. The molecule has 2 rings (SSSR count). The Bertz CT molecular complexity index is 491. The fourth-order valence-corrected chi connectivity index (χ4v) is 2.61. The average Bonchev–Trinajstić information content (AvgIpc) is 2.49. The molecule has 4 nitrogen and oxygen atoms in total. The van der Waals surface area contributed by atoms with Gasteiger partial charge < -0.3 is 15.0 Å². The minimum absolute atomic E-state index is 0.175. The van der Waals surface area contributed by atoms with Crippen LogP contribution in [0.4, 0.5) is 9.18 Å². The zero-order chi connectivity index (χ0) is 15.2. The summed E-state index contributed by atoms with van der Waals surface area (Å²) in [5, 5.41) is 3.54. The van der Waals surface area contributed by atoms with Crippen molar-refractivity contribution < 1.29 is 13.9 Å². The Labute approximate surface area is 129 Å². The lowest BCUT2D eigenvalue weighted by atomic mass is 10.0. The second-order valence-electron chi connectivity index (χ2n) is 5.05.